The quantitative estimate of drug-likeness (QED) is 0.876. The summed E-state index contributed by atoms with van der Waals surface area (Å²) >= 11 is -0.297. The van der Waals surface area contributed by atoms with Crippen LogP contribution in [0.5, 0.6) is 5.75 Å². The van der Waals surface area contributed by atoms with Gasteiger partial charge in [-0.25, -0.2) is 9.19 Å². The van der Waals surface area contributed by atoms with Crippen molar-refractivity contribution in [2.75, 3.05) is 0 Å². The maximum absolute atomic E-state index is 10.8. The van der Waals surface area contributed by atoms with Crippen molar-refractivity contribution in [1.82, 2.24) is 4.98 Å². The predicted octanol–water partition coefficient (Wildman–Crippen LogP) is 2.92. The summed E-state index contributed by atoms with van der Waals surface area (Å²) in [6.07, 6.45) is 0. The summed E-state index contributed by atoms with van der Waals surface area (Å²) in [7, 11) is 0. The number of rotatable bonds is 4. The van der Waals surface area contributed by atoms with Crippen LogP contribution in [0.3, 0.4) is 0 Å². The van der Waals surface area contributed by atoms with Crippen LogP contribution in [0.25, 0.3) is 0 Å². The molecule has 1 atom stereocenters. The largest absolute Gasteiger partial charge is 0.487 e. The Morgan fingerprint density at radius 3 is 2.50 bits per heavy atom. The number of hydrogen-bond donors (Lipinski definition) is 1. The van der Waals surface area contributed by atoms with Gasteiger partial charge in [-0.1, -0.05) is 0 Å². The molecule has 0 amide bonds. The summed E-state index contributed by atoms with van der Waals surface area (Å²) in [5.41, 5.74) is 0.937. The minimum Gasteiger partial charge on any atom is -0.487 e. The highest BCUT2D eigenvalue weighted by atomic mass is 32.2. The van der Waals surface area contributed by atoms with Gasteiger partial charge in [0.05, 0.1) is 15.6 Å². The van der Waals surface area contributed by atoms with Crippen LogP contribution in [0.4, 0.5) is 0 Å². The van der Waals surface area contributed by atoms with Crippen LogP contribution in [-0.2, 0) is 17.7 Å². The summed E-state index contributed by atoms with van der Waals surface area (Å²) < 4.78 is 25.3. The van der Waals surface area contributed by atoms with Crippen LogP contribution >= 0.6 is 11.3 Å². The molecule has 0 aliphatic rings. The molecule has 4 nitrogen and oxygen atoms in total. The van der Waals surface area contributed by atoms with E-state index in [9.17, 15) is 4.21 Å². The van der Waals surface area contributed by atoms with E-state index in [-0.39, 0.29) is 0 Å². The molecule has 0 saturated carbocycles. The van der Waals surface area contributed by atoms with Crippen LogP contribution in [0.1, 0.15) is 15.6 Å². The number of benzene rings is 1. The molecule has 0 radical (unpaired) electrons. The third-order valence-electron chi connectivity index (χ3n) is 2.40. The number of aromatic nitrogens is 1. The number of nitrogens with zero attached hydrogens (tertiary/aromatic N) is 1. The van der Waals surface area contributed by atoms with Gasteiger partial charge in [0, 0.05) is 4.88 Å². The predicted molar refractivity (Wildman–Crippen MR) is 71.4 cm³/mol. The monoisotopic (exact) mass is 283 g/mol. The molecule has 0 fully saturated rings. The van der Waals surface area contributed by atoms with Crippen molar-refractivity contribution < 1.29 is 13.5 Å². The third-order valence-corrected chi connectivity index (χ3v) is 4.00. The molecule has 6 heteroatoms. The van der Waals surface area contributed by atoms with Gasteiger partial charge in [0.25, 0.3) is 0 Å². The standard InChI is InChI=1S/C12H13NO3S2/c1-8-12(13-9(2)17-8)7-16-10-3-5-11(6-4-10)18(14)15/h3-6H,7H2,1-2H3,(H,14,15). The first-order valence-electron chi connectivity index (χ1n) is 5.33. The Morgan fingerprint density at radius 1 is 1.33 bits per heavy atom. The average Bonchev–Trinajstić information content (AvgIpc) is 2.66. The molecule has 1 N–H and O–H groups in total. The van der Waals surface area contributed by atoms with E-state index in [2.05, 4.69) is 4.98 Å². The molecule has 0 aliphatic carbocycles. The minimum atomic E-state index is -1.94. The summed E-state index contributed by atoms with van der Waals surface area (Å²) in [5.74, 6) is 0.661. The van der Waals surface area contributed by atoms with Gasteiger partial charge in [-0.2, -0.15) is 0 Å². The Balaban J connectivity index is 2.02. The Kier molecular flexibility index (Phi) is 4.11. The Hall–Kier alpha value is -1.24. The topological polar surface area (TPSA) is 59.4 Å². The molecule has 1 heterocycles. The zero-order valence-corrected chi connectivity index (χ0v) is 11.7. The number of thiazole rings is 1. The van der Waals surface area contributed by atoms with Gasteiger partial charge >= 0.3 is 0 Å². The van der Waals surface area contributed by atoms with Crippen LogP contribution < -0.4 is 4.74 Å². The molecule has 1 aromatic carbocycles. The van der Waals surface area contributed by atoms with Crippen LogP contribution in [0, 0.1) is 13.8 Å². The molecule has 1 unspecified atom stereocenters. The smallest absolute Gasteiger partial charge is 0.186 e. The second-order valence-electron chi connectivity index (χ2n) is 3.74. The van der Waals surface area contributed by atoms with E-state index in [1.807, 2.05) is 13.8 Å². The van der Waals surface area contributed by atoms with E-state index in [4.69, 9.17) is 9.29 Å². The fraction of sp³-hybridized carbons (Fsp3) is 0.250. The molecule has 18 heavy (non-hydrogen) atoms. The molecule has 0 spiro atoms. The molecule has 96 valence electrons. The highest BCUT2D eigenvalue weighted by molar-refractivity contribution is 7.79. The van der Waals surface area contributed by atoms with E-state index in [0.29, 0.717) is 17.3 Å². The lowest BCUT2D eigenvalue weighted by molar-refractivity contribution is 0.301. The van der Waals surface area contributed by atoms with Gasteiger partial charge in [0.2, 0.25) is 0 Å². The molecule has 0 bridgehead atoms. The first-order valence-corrected chi connectivity index (χ1v) is 7.25. The van der Waals surface area contributed by atoms with Crippen LogP contribution in [-0.4, -0.2) is 13.7 Å². The molecule has 0 aliphatic heterocycles. The normalized spacial score (nSPS) is 12.4. The van der Waals surface area contributed by atoms with Crippen molar-refractivity contribution in [2.24, 2.45) is 0 Å². The molecule has 1 aromatic heterocycles. The Morgan fingerprint density at radius 2 is 2.00 bits per heavy atom. The van der Waals surface area contributed by atoms with Crippen LogP contribution in [0.2, 0.25) is 0 Å². The van der Waals surface area contributed by atoms with Gasteiger partial charge in [0.1, 0.15) is 12.4 Å². The average molecular weight is 283 g/mol. The molecular weight excluding hydrogens is 270 g/mol. The van der Waals surface area contributed by atoms with Crippen molar-refractivity contribution in [3.63, 3.8) is 0 Å². The molecular formula is C12H13NO3S2. The lowest BCUT2D eigenvalue weighted by atomic mass is 10.3. The van der Waals surface area contributed by atoms with Crippen LogP contribution in [0.15, 0.2) is 29.2 Å². The van der Waals surface area contributed by atoms with E-state index in [1.165, 1.54) is 0 Å². The fourth-order valence-electron chi connectivity index (χ4n) is 1.51. The lowest BCUT2D eigenvalue weighted by Crippen LogP contribution is -1.98. The van der Waals surface area contributed by atoms with Crippen molar-refractivity contribution >= 4 is 22.4 Å². The second kappa shape index (κ2) is 5.60. The van der Waals surface area contributed by atoms with Gasteiger partial charge in [-0.3, -0.25) is 0 Å². The van der Waals surface area contributed by atoms with Gasteiger partial charge in [0.15, 0.2) is 11.1 Å². The zero-order chi connectivity index (χ0) is 13.1. The summed E-state index contributed by atoms with van der Waals surface area (Å²) in [6.45, 7) is 4.39. The number of hydrogen-bond acceptors (Lipinski definition) is 4. The zero-order valence-electron chi connectivity index (χ0n) is 10.0. The summed E-state index contributed by atoms with van der Waals surface area (Å²) in [4.78, 5) is 5.89. The van der Waals surface area contributed by atoms with Gasteiger partial charge in [-0.05, 0) is 38.1 Å². The minimum absolute atomic E-state index is 0.364. The summed E-state index contributed by atoms with van der Waals surface area (Å²) in [5, 5.41) is 1.03. The van der Waals surface area contributed by atoms with E-state index < -0.39 is 11.1 Å². The third kappa shape index (κ3) is 3.16. The van der Waals surface area contributed by atoms with Crippen molar-refractivity contribution in [1.29, 1.82) is 0 Å². The van der Waals surface area contributed by atoms with Crippen molar-refractivity contribution in [3.8, 4) is 5.75 Å². The Bertz CT molecular complexity index is 563. The van der Waals surface area contributed by atoms with Gasteiger partial charge in [-0.15, -0.1) is 11.3 Å². The fourth-order valence-corrected chi connectivity index (χ4v) is 2.70. The second-order valence-corrected chi connectivity index (χ2v) is 6.12. The number of ether oxygens (including phenoxy) is 1. The van der Waals surface area contributed by atoms with E-state index in [1.54, 1.807) is 35.6 Å². The summed E-state index contributed by atoms with van der Waals surface area (Å²) in [6, 6.07) is 6.51. The lowest BCUT2D eigenvalue weighted by Gasteiger charge is -2.05. The van der Waals surface area contributed by atoms with Gasteiger partial charge < -0.3 is 9.29 Å². The molecule has 2 aromatic rings. The molecule has 0 saturated heterocycles. The highest BCUT2D eigenvalue weighted by Gasteiger charge is 2.06. The number of aryl methyl sites for hydroxylation is 2. The Labute approximate surface area is 112 Å². The van der Waals surface area contributed by atoms with E-state index >= 15 is 0 Å². The van der Waals surface area contributed by atoms with Crippen molar-refractivity contribution in [2.45, 2.75) is 25.3 Å². The first kappa shape index (κ1) is 13.2. The molecule has 2 rings (SSSR count). The first-order chi connectivity index (χ1) is 8.56. The SMILES string of the molecule is Cc1nc(COc2ccc(S(=O)O)cc2)c(C)s1. The maximum atomic E-state index is 10.8. The van der Waals surface area contributed by atoms with Crippen molar-refractivity contribution in [3.05, 3.63) is 39.8 Å². The maximum Gasteiger partial charge on any atom is 0.186 e. The highest BCUT2D eigenvalue weighted by Crippen LogP contribution is 2.19. The van der Waals surface area contributed by atoms with E-state index in [0.717, 1.165) is 15.6 Å².